The Morgan fingerprint density at radius 2 is 1.82 bits per heavy atom. The van der Waals surface area contributed by atoms with Gasteiger partial charge in [-0.1, -0.05) is 0 Å². The highest BCUT2D eigenvalue weighted by Crippen LogP contribution is 2.53. The summed E-state index contributed by atoms with van der Waals surface area (Å²) in [7, 11) is 0. The molecule has 2 heterocycles. The standard InChI is InChI=1S/C13H24N2O2/c1-11(2,3)17-10(16)15-12(4)5-7-13(15,9-14)8-6-12/h5-9,14H2,1-4H3. The molecule has 0 aromatic carbocycles. The molecule has 2 fully saturated rings. The second-order valence-electron chi connectivity index (χ2n) is 6.74. The van der Waals surface area contributed by atoms with Crippen LogP contribution in [0.2, 0.25) is 0 Å². The van der Waals surface area contributed by atoms with E-state index in [4.69, 9.17) is 10.5 Å². The highest BCUT2D eigenvalue weighted by Gasteiger charge is 2.60. The Morgan fingerprint density at radius 1 is 1.29 bits per heavy atom. The number of nitrogens with zero attached hydrogens (tertiary/aromatic N) is 1. The van der Waals surface area contributed by atoms with E-state index in [0.29, 0.717) is 6.54 Å². The van der Waals surface area contributed by atoms with E-state index >= 15 is 0 Å². The van der Waals surface area contributed by atoms with E-state index in [1.807, 2.05) is 25.7 Å². The van der Waals surface area contributed by atoms with Crippen molar-refractivity contribution in [1.82, 2.24) is 4.90 Å². The van der Waals surface area contributed by atoms with E-state index in [1.54, 1.807) is 0 Å². The van der Waals surface area contributed by atoms with E-state index in [0.717, 1.165) is 25.7 Å². The molecule has 0 unspecified atom stereocenters. The van der Waals surface area contributed by atoms with Gasteiger partial charge in [0.25, 0.3) is 0 Å². The predicted octanol–water partition coefficient (Wildman–Crippen LogP) is 2.27. The van der Waals surface area contributed by atoms with Crippen LogP contribution in [0.25, 0.3) is 0 Å². The summed E-state index contributed by atoms with van der Waals surface area (Å²) in [5.41, 5.74) is 5.29. The molecule has 4 nitrogen and oxygen atoms in total. The zero-order chi connectivity index (χ0) is 12.9. The number of rotatable bonds is 1. The summed E-state index contributed by atoms with van der Waals surface area (Å²) in [5.74, 6) is 0. The molecule has 0 aromatic rings. The number of ether oxygens (including phenoxy) is 1. The zero-order valence-corrected chi connectivity index (χ0v) is 11.4. The minimum Gasteiger partial charge on any atom is -0.444 e. The first-order valence-electron chi connectivity index (χ1n) is 6.46. The molecular formula is C13H24N2O2. The van der Waals surface area contributed by atoms with Gasteiger partial charge in [0.2, 0.25) is 0 Å². The Morgan fingerprint density at radius 3 is 2.24 bits per heavy atom. The molecule has 2 saturated heterocycles. The van der Waals surface area contributed by atoms with Crippen molar-refractivity contribution in [3.8, 4) is 0 Å². The van der Waals surface area contributed by atoms with E-state index in [1.165, 1.54) is 0 Å². The fourth-order valence-electron chi connectivity index (χ4n) is 3.29. The van der Waals surface area contributed by atoms with Gasteiger partial charge in [-0.2, -0.15) is 0 Å². The third-order valence-corrected chi connectivity index (χ3v) is 4.23. The molecule has 0 saturated carbocycles. The van der Waals surface area contributed by atoms with Gasteiger partial charge in [-0.25, -0.2) is 4.79 Å². The zero-order valence-electron chi connectivity index (χ0n) is 11.4. The summed E-state index contributed by atoms with van der Waals surface area (Å²) in [6, 6.07) is 0. The van der Waals surface area contributed by atoms with Crippen molar-refractivity contribution in [1.29, 1.82) is 0 Å². The Labute approximate surface area is 103 Å². The van der Waals surface area contributed by atoms with Gasteiger partial charge in [-0.05, 0) is 53.4 Å². The summed E-state index contributed by atoms with van der Waals surface area (Å²) in [6.45, 7) is 8.41. The Bertz CT molecular complexity index is 325. The monoisotopic (exact) mass is 240 g/mol. The van der Waals surface area contributed by atoms with Gasteiger partial charge in [0.15, 0.2) is 0 Å². The largest absolute Gasteiger partial charge is 0.444 e. The molecule has 0 atom stereocenters. The lowest BCUT2D eigenvalue weighted by Crippen LogP contribution is -2.54. The molecular weight excluding hydrogens is 216 g/mol. The van der Waals surface area contributed by atoms with Gasteiger partial charge >= 0.3 is 6.09 Å². The lowest BCUT2D eigenvalue weighted by atomic mass is 9.83. The summed E-state index contributed by atoms with van der Waals surface area (Å²) < 4.78 is 5.53. The van der Waals surface area contributed by atoms with Gasteiger partial charge in [0, 0.05) is 12.1 Å². The van der Waals surface area contributed by atoms with E-state index in [-0.39, 0.29) is 17.2 Å². The minimum absolute atomic E-state index is 0.0400. The maximum absolute atomic E-state index is 12.3. The first-order chi connectivity index (χ1) is 7.72. The fourth-order valence-corrected chi connectivity index (χ4v) is 3.29. The highest BCUT2D eigenvalue weighted by molar-refractivity contribution is 5.71. The van der Waals surface area contributed by atoms with Crippen LogP contribution in [-0.2, 0) is 4.74 Å². The van der Waals surface area contributed by atoms with Crippen LogP contribution in [0.5, 0.6) is 0 Å². The average Bonchev–Trinajstić information content (AvgIpc) is 2.63. The van der Waals surface area contributed by atoms with E-state index in [9.17, 15) is 4.79 Å². The molecule has 4 heteroatoms. The molecule has 2 aliphatic heterocycles. The van der Waals surface area contributed by atoms with Gasteiger partial charge < -0.3 is 10.5 Å². The second kappa shape index (κ2) is 3.61. The van der Waals surface area contributed by atoms with Crippen LogP contribution in [0.3, 0.4) is 0 Å². The lowest BCUT2D eigenvalue weighted by molar-refractivity contribution is -0.0000136. The van der Waals surface area contributed by atoms with Crippen LogP contribution >= 0.6 is 0 Å². The maximum Gasteiger partial charge on any atom is 0.411 e. The van der Waals surface area contributed by atoms with Crippen LogP contribution in [-0.4, -0.2) is 34.2 Å². The van der Waals surface area contributed by atoms with Gasteiger partial charge in [-0.3, -0.25) is 4.90 Å². The number of hydrogen-bond acceptors (Lipinski definition) is 3. The molecule has 2 bridgehead atoms. The number of hydrogen-bond donors (Lipinski definition) is 1. The molecule has 0 radical (unpaired) electrons. The van der Waals surface area contributed by atoms with Crippen LogP contribution in [0.15, 0.2) is 0 Å². The van der Waals surface area contributed by atoms with Crippen LogP contribution < -0.4 is 5.73 Å². The molecule has 17 heavy (non-hydrogen) atoms. The van der Waals surface area contributed by atoms with Gasteiger partial charge in [-0.15, -0.1) is 0 Å². The average molecular weight is 240 g/mol. The summed E-state index contributed by atoms with van der Waals surface area (Å²) in [4.78, 5) is 14.3. The predicted molar refractivity (Wildman–Crippen MR) is 66.7 cm³/mol. The molecule has 2 N–H and O–H groups in total. The molecule has 2 aliphatic rings. The van der Waals surface area contributed by atoms with E-state index in [2.05, 4.69) is 6.92 Å². The third kappa shape index (κ3) is 1.92. The second-order valence-corrected chi connectivity index (χ2v) is 6.74. The van der Waals surface area contributed by atoms with Crippen molar-refractivity contribution in [2.24, 2.45) is 5.73 Å². The SMILES string of the molecule is CC(C)(C)OC(=O)N1C2(C)CCC1(CN)CC2. The summed E-state index contributed by atoms with van der Waals surface area (Å²) in [5, 5.41) is 0. The highest BCUT2D eigenvalue weighted by atomic mass is 16.6. The van der Waals surface area contributed by atoms with E-state index < -0.39 is 5.60 Å². The van der Waals surface area contributed by atoms with Gasteiger partial charge in [0.1, 0.15) is 5.60 Å². The quantitative estimate of drug-likeness (QED) is 0.765. The topological polar surface area (TPSA) is 55.6 Å². The number of carbonyl (C=O) groups excluding carboxylic acids is 1. The molecule has 2 rings (SSSR count). The van der Waals surface area contributed by atoms with Crippen molar-refractivity contribution < 1.29 is 9.53 Å². The van der Waals surface area contributed by atoms with Crippen LogP contribution in [0.4, 0.5) is 4.79 Å². The van der Waals surface area contributed by atoms with Crippen molar-refractivity contribution in [2.45, 2.75) is 70.1 Å². The molecule has 0 aliphatic carbocycles. The molecule has 98 valence electrons. The first-order valence-corrected chi connectivity index (χ1v) is 6.46. The lowest BCUT2D eigenvalue weighted by Gasteiger charge is -2.38. The smallest absolute Gasteiger partial charge is 0.411 e. The van der Waals surface area contributed by atoms with Crippen molar-refractivity contribution in [3.63, 3.8) is 0 Å². The normalized spacial score (nSPS) is 36.4. The van der Waals surface area contributed by atoms with Crippen LogP contribution in [0.1, 0.15) is 53.4 Å². The third-order valence-electron chi connectivity index (χ3n) is 4.23. The van der Waals surface area contributed by atoms with Crippen LogP contribution in [0, 0.1) is 0 Å². The number of nitrogens with two attached hydrogens (primary N) is 1. The maximum atomic E-state index is 12.3. The molecule has 1 amide bonds. The van der Waals surface area contributed by atoms with Gasteiger partial charge in [0.05, 0.1) is 5.54 Å². The number of amides is 1. The number of fused-ring (bicyclic) bond motifs is 2. The number of carbonyl (C=O) groups is 1. The molecule has 0 aromatic heterocycles. The van der Waals surface area contributed by atoms with Crippen molar-refractivity contribution in [3.05, 3.63) is 0 Å². The molecule has 0 spiro atoms. The Kier molecular flexibility index (Phi) is 2.69. The summed E-state index contributed by atoms with van der Waals surface area (Å²) >= 11 is 0. The summed E-state index contributed by atoms with van der Waals surface area (Å²) in [6.07, 6.45) is 3.92. The van der Waals surface area contributed by atoms with Crippen molar-refractivity contribution >= 4 is 6.09 Å². The Hall–Kier alpha value is -0.770. The fraction of sp³-hybridized carbons (Fsp3) is 0.923. The first kappa shape index (κ1) is 12.7. The van der Waals surface area contributed by atoms with Crippen molar-refractivity contribution in [2.75, 3.05) is 6.54 Å². The Balaban J connectivity index is 2.22. The minimum atomic E-state index is -0.439.